The van der Waals surface area contributed by atoms with Crippen LogP contribution in [0.25, 0.3) is 132 Å². The number of nitrogens with zero attached hydrogens (tertiary/aromatic N) is 16. The number of fused-ring (bicyclic) bond motifs is 6. The van der Waals surface area contributed by atoms with Crippen LogP contribution in [0.4, 0.5) is 78.6 Å². The fourth-order valence-corrected chi connectivity index (χ4v) is 17.1. The Balaban J connectivity index is 0.000000112. The SMILES string of the molecule is CCc1cc(C)c(-c2cc3cc(NC(=O)C4CC4)ncc3c(N)n2)cn1.CCc1ccccc1-c1cc2cc(NC(=O)C3CC3)ncc2c(N)n1.Cc1ccccc1-c1cc2cc(NC(=O)[C@@H]3C[C@@H]3F)ncc2c(N)n1.Cc1ccccc1-c1cc2cc(NC(=O)[C@H]3C[C@H]3F)ncc2c(N)n1.Cc1ccncc1-c1cc2cc(NC(=O)C3CC3)ncc2c(N)n1.Cn1cc(-c2cc3cc(NC(=O)C4CC4)ncc3c(N)n2)cn1. The van der Waals surface area contributed by atoms with Crippen molar-refractivity contribution in [1.29, 1.82) is 0 Å². The van der Waals surface area contributed by atoms with Crippen LogP contribution < -0.4 is 66.3 Å². The molecule has 36 heteroatoms. The number of carbonyl (C=O) groups excluding carboxylic acids is 6. The third-order valence-corrected chi connectivity index (χ3v) is 26.5. The van der Waals surface area contributed by atoms with Gasteiger partial charge in [0, 0.05) is 164 Å². The second-order valence-electron chi connectivity index (χ2n) is 37.9. The van der Waals surface area contributed by atoms with Gasteiger partial charge < -0.3 is 66.3 Å². The third-order valence-electron chi connectivity index (χ3n) is 26.5. The Bertz CT molecular complexity index is 8120. The molecule has 6 fully saturated rings. The number of nitrogen functional groups attached to an aromatic ring is 6. The number of nitrogens with two attached hydrogens (primary N) is 6. The Hall–Kier alpha value is -18.0. The fourth-order valence-electron chi connectivity index (χ4n) is 17.1. The standard InChI is InChI=1S/C20H21N5O.C20H20N4O.2C19H17FN4O.C18H17N5O.C16H16N6O/c1-3-14-6-11(2)15(9-22-14)17-7-13-8-18(25-20(26)12-4-5-12)23-10-16(13)19(21)24-17;1-2-12-5-3-4-6-15(12)17-9-14-10-18(24-20(25)13-7-8-13)22-11-16(14)19(21)23-17;2*1-10-4-2-3-5-12(10)16-6-11-7-17(22-9-14(11)18(21)23-16)24-19(25)13-8-15(13)20;1-10-4-5-20-8-13(10)15-6-12-7-16(23-18(24)11-2-3-11)21-9-14(12)17(19)22-15;1-22-8-11(6-19-22)13-4-10-5-14(21-16(23)9-2-3-9)18-7-12(10)15(17)20-13/h6-10,12H,3-5H2,1-2H3,(H2,21,24)(H,23,25,26);3-6,9-11,13H,2,7-8H2,1H3,(H2,21,23)(H,22,24,25);2*2-7,9,13,15H,8H2,1H3,(H2,21,23)(H,22,24,25);4-9,11H,2-3H2,1H3,(H2,19,22)(H,21,23,24);4-9H,2-3H2,1H3,(H2,17,20)(H,18,21,23)/t;;2*13-,15+;;/m..10../s1. The van der Waals surface area contributed by atoms with Crippen LogP contribution in [0.5, 0.6) is 0 Å². The number of aryl methyl sites for hydroxylation is 7. The number of anilines is 12. The first-order valence-corrected chi connectivity index (χ1v) is 49.0. The smallest absolute Gasteiger partial charge is 0.231 e. The molecule has 15 heterocycles. The molecule has 0 spiro atoms. The molecule has 148 heavy (non-hydrogen) atoms. The molecule has 0 bridgehead atoms. The van der Waals surface area contributed by atoms with Gasteiger partial charge in [-0.2, -0.15) is 5.10 Å². The number of benzene rings is 3. The zero-order chi connectivity index (χ0) is 103. The molecule has 15 aromatic heterocycles. The van der Waals surface area contributed by atoms with E-state index in [1.165, 1.54) is 5.56 Å². The highest BCUT2D eigenvalue weighted by Gasteiger charge is 2.45. The average molecular weight is 1980 g/mol. The van der Waals surface area contributed by atoms with E-state index in [0.29, 0.717) is 80.6 Å². The molecule has 6 aliphatic rings. The number of aromatic nitrogens is 16. The number of alkyl halides is 2. The minimum Gasteiger partial charge on any atom is -0.383 e. The van der Waals surface area contributed by atoms with Crippen molar-refractivity contribution in [2.45, 2.75) is 131 Å². The van der Waals surface area contributed by atoms with Crippen LogP contribution in [0.3, 0.4) is 0 Å². The summed E-state index contributed by atoms with van der Waals surface area (Å²) in [5.74, 6) is 4.35. The molecule has 34 nitrogen and oxygen atoms in total. The monoisotopic (exact) mass is 1980 g/mol. The van der Waals surface area contributed by atoms with Gasteiger partial charge in [0.25, 0.3) is 0 Å². The first-order chi connectivity index (χ1) is 71.5. The quantitative estimate of drug-likeness (QED) is 0.0337. The van der Waals surface area contributed by atoms with Crippen LogP contribution in [0.1, 0.15) is 112 Å². The van der Waals surface area contributed by atoms with E-state index in [4.69, 9.17) is 34.4 Å². The van der Waals surface area contributed by atoms with Crippen molar-refractivity contribution in [1.82, 2.24) is 79.6 Å². The Labute approximate surface area is 849 Å². The highest BCUT2D eigenvalue weighted by Crippen LogP contribution is 2.42. The number of hydrogen-bond acceptors (Lipinski definition) is 27. The van der Waals surface area contributed by atoms with Crippen molar-refractivity contribution in [3.05, 3.63) is 259 Å². The van der Waals surface area contributed by atoms with E-state index in [1.807, 2.05) is 175 Å². The minimum atomic E-state index is -1.03. The summed E-state index contributed by atoms with van der Waals surface area (Å²) < 4.78 is 27.7. The summed E-state index contributed by atoms with van der Waals surface area (Å²) in [4.78, 5) is 133. The maximum atomic E-state index is 13.0. The molecule has 6 amide bonds. The number of rotatable bonds is 20. The lowest BCUT2D eigenvalue weighted by Gasteiger charge is -2.11. The van der Waals surface area contributed by atoms with Crippen molar-refractivity contribution in [3.63, 3.8) is 0 Å². The molecule has 18 aromatic rings. The third kappa shape index (κ3) is 23.3. The molecular weight excluding hydrogens is 1870 g/mol. The number of pyridine rings is 14. The van der Waals surface area contributed by atoms with Crippen LogP contribution >= 0.6 is 0 Å². The van der Waals surface area contributed by atoms with Gasteiger partial charge >= 0.3 is 0 Å². The molecule has 4 atom stereocenters. The fraction of sp³-hybridized carbons (Fsp3) is 0.241. The highest BCUT2D eigenvalue weighted by atomic mass is 19.1. The van der Waals surface area contributed by atoms with E-state index in [1.54, 1.807) is 72.6 Å². The molecule has 18 N–H and O–H groups in total. The number of carbonyl (C=O) groups is 6. The molecule has 24 rings (SSSR count). The van der Waals surface area contributed by atoms with Crippen LogP contribution in [0, 0.1) is 63.2 Å². The number of hydrogen-bond donors (Lipinski definition) is 12. The molecule has 3 aromatic carbocycles. The van der Waals surface area contributed by atoms with Crippen molar-refractivity contribution < 1.29 is 37.5 Å². The van der Waals surface area contributed by atoms with Crippen molar-refractivity contribution in [3.8, 4) is 67.5 Å². The van der Waals surface area contributed by atoms with Gasteiger partial charge in [-0.15, -0.1) is 0 Å². The van der Waals surface area contributed by atoms with Gasteiger partial charge in [0.1, 0.15) is 82.2 Å². The van der Waals surface area contributed by atoms with E-state index < -0.39 is 24.2 Å². The summed E-state index contributed by atoms with van der Waals surface area (Å²) in [5, 5.41) is 30.7. The first kappa shape index (κ1) is 98.8. The van der Waals surface area contributed by atoms with Gasteiger partial charge in [0.15, 0.2) is 0 Å². The Morgan fingerprint density at radius 1 is 0.324 bits per heavy atom. The van der Waals surface area contributed by atoms with Crippen LogP contribution in [-0.2, 0) is 48.7 Å². The van der Waals surface area contributed by atoms with E-state index in [-0.39, 0.29) is 72.0 Å². The lowest BCUT2D eigenvalue weighted by atomic mass is 10.0. The molecule has 746 valence electrons. The first-order valence-electron chi connectivity index (χ1n) is 49.0. The second-order valence-corrected chi connectivity index (χ2v) is 37.9. The topological polar surface area (TPSA) is 529 Å². The molecular formula is C112H108F2N28O6. The van der Waals surface area contributed by atoms with Gasteiger partial charge in [0.05, 0.1) is 52.2 Å². The summed E-state index contributed by atoms with van der Waals surface area (Å²) >= 11 is 0. The Morgan fingerprint density at radius 3 is 0.912 bits per heavy atom. The average Bonchev–Trinajstić information content (AvgIpc) is 1.11. The predicted molar refractivity (Wildman–Crippen MR) is 575 cm³/mol. The van der Waals surface area contributed by atoms with Crippen molar-refractivity contribution in [2.75, 3.05) is 66.3 Å². The molecule has 6 aliphatic carbocycles. The molecule has 0 unspecified atom stereocenters. The Kier molecular flexibility index (Phi) is 28.4. The lowest BCUT2D eigenvalue weighted by Crippen LogP contribution is -2.15. The normalized spacial score (nSPS) is 15.6. The number of halogens is 2. The van der Waals surface area contributed by atoms with Crippen LogP contribution in [-0.4, -0.2) is 127 Å². The minimum absolute atomic E-state index is 0.0337. The summed E-state index contributed by atoms with van der Waals surface area (Å²) in [6, 6.07) is 50.6. The maximum Gasteiger partial charge on any atom is 0.231 e. The number of amides is 6. The predicted octanol–water partition coefficient (Wildman–Crippen LogP) is 19.1. The van der Waals surface area contributed by atoms with E-state index in [0.717, 1.165) is 214 Å². The van der Waals surface area contributed by atoms with Gasteiger partial charge in [-0.3, -0.25) is 43.4 Å². The molecule has 0 radical (unpaired) electrons. The number of nitrogens with one attached hydrogen (secondary N) is 6. The molecule has 0 saturated heterocycles. The zero-order valence-electron chi connectivity index (χ0n) is 82.3. The largest absolute Gasteiger partial charge is 0.383 e. The summed E-state index contributed by atoms with van der Waals surface area (Å²) in [6.45, 7) is 12.3. The van der Waals surface area contributed by atoms with Crippen LogP contribution in [0.15, 0.2) is 226 Å². The maximum absolute atomic E-state index is 13.0. The van der Waals surface area contributed by atoms with E-state index >= 15 is 0 Å². The van der Waals surface area contributed by atoms with Gasteiger partial charge in [-0.1, -0.05) is 86.6 Å². The molecule has 0 aliphatic heterocycles. The zero-order valence-corrected chi connectivity index (χ0v) is 82.3. The van der Waals surface area contributed by atoms with Gasteiger partial charge in [0.2, 0.25) is 35.4 Å². The van der Waals surface area contributed by atoms with Gasteiger partial charge in [-0.25, -0.2) is 68.6 Å². The second kappa shape index (κ2) is 42.5. The van der Waals surface area contributed by atoms with Crippen molar-refractivity contribution in [2.24, 2.45) is 42.6 Å². The summed E-state index contributed by atoms with van der Waals surface area (Å²) in [6.07, 6.45) is 26.8. The molecule has 6 saturated carbocycles. The highest BCUT2D eigenvalue weighted by molar-refractivity contribution is 6.05. The van der Waals surface area contributed by atoms with E-state index in [2.05, 4.69) is 139 Å². The summed E-state index contributed by atoms with van der Waals surface area (Å²) in [7, 11) is 1.85. The van der Waals surface area contributed by atoms with Gasteiger partial charge in [-0.05, 0) is 250 Å². The van der Waals surface area contributed by atoms with Crippen LogP contribution in [0.2, 0.25) is 0 Å². The Morgan fingerprint density at radius 2 is 0.615 bits per heavy atom. The lowest BCUT2D eigenvalue weighted by molar-refractivity contribution is -0.118. The van der Waals surface area contributed by atoms with Crippen molar-refractivity contribution >= 4 is 170 Å². The summed E-state index contributed by atoms with van der Waals surface area (Å²) in [5.41, 5.74) is 53.8. The van der Waals surface area contributed by atoms with E-state index in [9.17, 15) is 37.5 Å².